The lowest BCUT2D eigenvalue weighted by Crippen LogP contribution is -2.21. The van der Waals surface area contributed by atoms with Crippen molar-refractivity contribution in [2.45, 2.75) is 13.1 Å². The zero-order valence-electron chi connectivity index (χ0n) is 15.5. The Morgan fingerprint density at radius 2 is 1.87 bits per heavy atom. The van der Waals surface area contributed by atoms with Crippen LogP contribution in [-0.4, -0.2) is 28.1 Å². The average molecular weight is 438 g/mol. The Balaban J connectivity index is 1.80. The van der Waals surface area contributed by atoms with Crippen molar-refractivity contribution in [3.05, 3.63) is 70.9 Å². The summed E-state index contributed by atoms with van der Waals surface area (Å²) in [5.74, 6) is -1.11. The standard InChI is InChI=1S/C20H15ClF3N3O3/c1-12(28)13-5-4-6-14(9-13)25-18(29)11-30-19-10-17(20(22,23)24)26-27(19)16-8-3-2-7-15(16)21/h2-10H,11H2,1H3,(H,25,29). The Morgan fingerprint density at radius 3 is 2.53 bits per heavy atom. The van der Waals surface area contributed by atoms with E-state index in [-0.39, 0.29) is 22.4 Å². The number of nitrogens with zero attached hydrogens (tertiary/aromatic N) is 2. The molecule has 30 heavy (non-hydrogen) atoms. The van der Waals surface area contributed by atoms with Gasteiger partial charge in [0.15, 0.2) is 18.1 Å². The number of nitrogens with one attached hydrogen (secondary N) is 1. The van der Waals surface area contributed by atoms with Crippen molar-refractivity contribution in [1.82, 2.24) is 9.78 Å². The molecule has 1 amide bonds. The number of Topliss-reactive ketones (excluding diaryl/α,β-unsaturated/α-hetero) is 1. The lowest BCUT2D eigenvalue weighted by Gasteiger charge is -2.11. The van der Waals surface area contributed by atoms with Gasteiger partial charge in [0, 0.05) is 17.3 Å². The molecule has 0 aliphatic heterocycles. The Morgan fingerprint density at radius 1 is 1.13 bits per heavy atom. The zero-order chi connectivity index (χ0) is 21.9. The third-order valence-electron chi connectivity index (χ3n) is 3.95. The number of ether oxygens (including phenoxy) is 1. The monoisotopic (exact) mass is 437 g/mol. The van der Waals surface area contributed by atoms with Gasteiger partial charge in [-0.25, -0.2) is 0 Å². The molecule has 6 nitrogen and oxygen atoms in total. The van der Waals surface area contributed by atoms with Gasteiger partial charge in [0.2, 0.25) is 5.88 Å². The van der Waals surface area contributed by atoms with Crippen LogP contribution >= 0.6 is 11.6 Å². The summed E-state index contributed by atoms with van der Waals surface area (Å²) in [6.45, 7) is 0.801. The predicted octanol–water partition coefficient (Wildman–Crippen LogP) is 4.76. The summed E-state index contributed by atoms with van der Waals surface area (Å²) in [5.41, 5.74) is -0.265. The highest BCUT2D eigenvalue weighted by Gasteiger charge is 2.36. The second-order valence-corrected chi connectivity index (χ2v) is 6.61. The molecule has 0 radical (unpaired) electrons. The highest BCUT2D eigenvalue weighted by Crippen LogP contribution is 2.33. The highest BCUT2D eigenvalue weighted by molar-refractivity contribution is 6.32. The van der Waals surface area contributed by atoms with E-state index >= 15 is 0 Å². The summed E-state index contributed by atoms with van der Waals surface area (Å²) in [4.78, 5) is 23.6. The molecule has 0 fully saturated rings. The maximum Gasteiger partial charge on any atom is 0.435 e. The molecule has 3 aromatic rings. The van der Waals surface area contributed by atoms with Gasteiger partial charge in [-0.3, -0.25) is 9.59 Å². The molecule has 10 heteroatoms. The van der Waals surface area contributed by atoms with Crippen molar-refractivity contribution in [2.75, 3.05) is 11.9 Å². The molecule has 0 saturated heterocycles. The normalized spacial score (nSPS) is 11.2. The lowest BCUT2D eigenvalue weighted by atomic mass is 10.1. The number of ketones is 1. The minimum Gasteiger partial charge on any atom is -0.467 e. The van der Waals surface area contributed by atoms with Crippen LogP contribution in [0.2, 0.25) is 5.02 Å². The van der Waals surface area contributed by atoms with Crippen molar-refractivity contribution in [3.8, 4) is 11.6 Å². The fraction of sp³-hybridized carbons (Fsp3) is 0.150. The minimum absolute atomic E-state index is 0.157. The molecule has 2 aromatic carbocycles. The topological polar surface area (TPSA) is 73.2 Å². The number of amides is 1. The number of anilines is 1. The highest BCUT2D eigenvalue weighted by atomic mass is 35.5. The fourth-order valence-electron chi connectivity index (χ4n) is 2.55. The molecule has 1 aromatic heterocycles. The van der Waals surface area contributed by atoms with Crippen molar-refractivity contribution < 1.29 is 27.5 Å². The van der Waals surface area contributed by atoms with E-state index in [0.717, 1.165) is 4.68 Å². The quantitative estimate of drug-likeness (QED) is 0.564. The van der Waals surface area contributed by atoms with Crippen LogP contribution in [0.15, 0.2) is 54.6 Å². The summed E-state index contributed by atoms with van der Waals surface area (Å²) in [6, 6.07) is 13.1. The molecule has 0 spiro atoms. The van der Waals surface area contributed by atoms with Crippen LogP contribution in [0, 0.1) is 0 Å². The Hall–Kier alpha value is -3.33. The third kappa shape index (κ3) is 4.98. The van der Waals surface area contributed by atoms with Gasteiger partial charge in [0.1, 0.15) is 0 Å². The number of para-hydroxylation sites is 1. The number of rotatable bonds is 6. The first kappa shape index (κ1) is 21.4. The largest absolute Gasteiger partial charge is 0.467 e. The van der Waals surface area contributed by atoms with E-state index in [4.69, 9.17) is 16.3 Å². The van der Waals surface area contributed by atoms with Gasteiger partial charge in [0.25, 0.3) is 5.91 Å². The molecule has 156 valence electrons. The second-order valence-electron chi connectivity index (χ2n) is 6.20. The Kier molecular flexibility index (Phi) is 6.12. The number of benzene rings is 2. The Labute approximate surface area is 174 Å². The van der Waals surface area contributed by atoms with Gasteiger partial charge < -0.3 is 10.1 Å². The molecule has 1 N–H and O–H groups in total. The van der Waals surface area contributed by atoms with Crippen molar-refractivity contribution >= 4 is 29.0 Å². The number of hydrogen-bond acceptors (Lipinski definition) is 4. The number of aromatic nitrogens is 2. The van der Waals surface area contributed by atoms with Crippen molar-refractivity contribution in [3.63, 3.8) is 0 Å². The molecular weight excluding hydrogens is 423 g/mol. The molecule has 1 heterocycles. The number of carbonyl (C=O) groups excluding carboxylic acids is 2. The van der Waals surface area contributed by atoms with E-state index in [2.05, 4.69) is 10.4 Å². The van der Waals surface area contributed by atoms with Crippen LogP contribution in [0.3, 0.4) is 0 Å². The first-order chi connectivity index (χ1) is 14.1. The van der Waals surface area contributed by atoms with E-state index in [1.807, 2.05) is 0 Å². The van der Waals surface area contributed by atoms with E-state index in [0.29, 0.717) is 17.3 Å². The number of hydrogen-bond donors (Lipinski definition) is 1. The first-order valence-corrected chi connectivity index (χ1v) is 8.99. The molecular formula is C20H15ClF3N3O3. The van der Waals surface area contributed by atoms with Crippen LogP contribution in [0.1, 0.15) is 23.0 Å². The third-order valence-corrected chi connectivity index (χ3v) is 4.27. The van der Waals surface area contributed by atoms with Crippen LogP contribution in [0.5, 0.6) is 5.88 Å². The second kappa shape index (κ2) is 8.58. The molecule has 0 aliphatic rings. The lowest BCUT2D eigenvalue weighted by molar-refractivity contribution is -0.141. The fourth-order valence-corrected chi connectivity index (χ4v) is 2.77. The summed E-state index contributed by atoms with van der Waals surface area (Å²) in [6.07, 6.45) is -4.71. The summed E-state index contributed by atoms with van der Waals surface area (Å²) < 4.78 is 45.5. The number of halogens is 4. The van der Waals surface area contributed by atoms with Gasteiger partial charge in [-0.15, -0.1) is 0 Å². The van der Waals surface area contributed by atoms with Gasteiger partial charge in [-0.05, 0) is 31.2 Å². The summed E-state index contributed by atoms with van der Waals surface area (Å²) in [7, 11) is 0. The number of alkyl halides is 3. The summed E-state index contributed by atoms with van der Waals surface area (Å²) >= 11 is 6.06. The Bertz CT molecular complexity index is 1100. The molecule has 0 bridgehead atoms. The SMILES string of the molecule is CC(=O)c1cccc(NC(=O)COc2cc(C(F)(F)F)nn2-c2ccccc2Cl)c1. The average Bonchev–Trinajstić information content (AvgIpc) is 3.11. The molecule has 0 unspecified atom stereocenters. The van der Waals surface area contributed by atoms with E-state index in [1.165, 1.54) is 25.1 Å². The first-order valence-electron chi connectivity index (χ1n) is 8.61. The van der Waals surface area contributed by atoms with Gasteiger partial charge in [-0.2, -0.15) is 23.0 Å². The van der Waals surface area contributed by atoms with Crippen LogP contribution in [0.4, 0.5) is 18.9 Å². The smallest absolute Gasteiger partial charge is 0.435 e. The zero-order valence-corrected chi connectivity index (χ0v) is 16.3. The maximum atomic E-state index is 13.1. The van der Waals surface area contributed by atoms with Crippen LogP contribution in [0.25, 0.3) is 5.69 Å². The molecule has 0 aliphatic carbocycles. The van der Waals surface area contributed by atoms with E-state index < -0.39 is 24.4 Å². The van der Waals surface area contributed by atoms with E-state index in [9.17, 15) is 22.8 Å². The van der Waals surface area contributed by atoms with E-state index in [1.54, 1.807) is 30.3 Å². The van der Waals surface area contributed by atoms with Gasteiger partial charge >= 0.3 is 6.18 Å². The van der Waals surface area contributed by atoms with Gasteiger partial charge in [0.05, 0.1) is 10.7 Å². The molecule has 3 rings (SSSR count). The maximum absolute atomic E-state index is 13.1. The van der Waals surface area contributed by atoms with Gasteiger partial charge in [-0.1, -0.05) is 35.9 Å². The van der Waals surface area contributed by atoms with Crippen molar-refractivity contribution in [1.29, 1.82) is 0 Å². The molecule has 0 atom stereocenters. The predicted molar refractivity (Wildman–Crippen MR) is 104 cm³/mol. The summed E-state index contributed by atoms with van der Waals surface area (Å²) in [5, 5.41) is 6.20. The minimum atomic E-state index is -4.71. The van der Waals surface area contributed by atoms with Crippen LogP contribution in [-0.2, 0) is 11.0 Å². The number of carbonyl (C=O) groups is 2. The van der Waals surface area contributed by atoms with Crippen molar-refractivity contribution in [2.24, 2.45) is 0 Å². The van der Waals surface area contributed by atoms with Crippen LogP contribution < -0.4 is 10.1 Å². The molecule has 0 saturated carbocycles.